The zero-order valence-corrected chi connectivity index (χ0v) is 14.1. The standard InChI is InChI=1S/C20H22N2O2/c1-14-7-8-15(2)17(11-14)12-19(23)21-13-20(24)22-10-9-16-5-3-4-6-18(16)22/h3-8,11H,9-10,12-13H2,1-2H3,(H,21,23). The molecule has 0 atom stereocenters. The number of anilines is 1. The van der Waals surface area contributed by atoms with Crippen LogP contribution >= 0.6 is 0 Å². The van der Waals surface area contributed by atoms with Gasteiger partial charge in [0, 0.05) is 12.2 Å². The summed E-state index contributed by atoms with van der Waals surface area (Å²) in [6.45, 7) is 4.73. The van der Waals surface area contributed by atoms with Crippen LogP contribution in [0.3, 0.4) is 0 Å². The highest BCUT2D eigenvalue weighted by Crippen LogP contribution is 2.27. The Bertz CT molecular complexity index is 783. The number of fused-ring (bicyclic) bond motifs is 1. The SMILES string of the molecule is Cc1ccc(C)c(CC(=O)NCC(=O)N2CCc3ccccc32)c1. The summed E-state index contributed by atoms with van der Waals surface area (Å²) in [6, 6.07) is 14.0. The van der Waals surface area contributed by atoms with Gasteiger partial charge in [-0.2, -0.15) is 0 Å². The van der Waals surface area contributed by atoms with Gasteiger partial charge in [0.15, 0.2) is 0 Å². The summed E-state index contributed by atoms with van der Waals surface area (Å²) in [5.41, 5.74) is 5.38. The average molecular weight is 322 g/mol. The van der Waals surface area contributed by atoms with Crippen LogP contribution in [0.2, 0.25) is 0 Å². The average Bonchev–Trinajstić information content (AvgIpc) is 3.00. The summed E-state index contributed by atoms with van der Waals surface area (Å²) >= 11 is 0. The summed E-state index contributed by atoms with van der Waals surface area (Å²) in [5.74, 6) is -0.182. The van der Waals surface area contributed by atoms with E-state index in [-0.39, 0.29) is 18.4 Å². The van der Waals surface area contributed by atoms with Crippen LogP contribution in [0.4, 0.5) is 5.69 Å². The molecule has 0 saturated heterocycles. The fourth-order valence-corrected chi connectivity index (χ4v) is 3.09. The number of hydrogen-bond donors (Lipinski definition) is 1. The van der Waals surface area contributed by atoms with Gasteiger partial charge in [-0.1, -0.05) is 42.0 Å². The molecule has 1 aliphatic heterocycles. The van der Waals surface area contributed by atoms with Crippen LogP contribution in [0.5, 0.6) is 0 Å². The molecular weight excluding hydrogens is 300 g/mol. The lowest BCUT2D eigenvalue weighted by Gasteiger charge is -2.17. The number of nitrogens with one attached hydrogen (secondary N) is 1. The number of benzene rings is 2. The number of hydrogen-bond acceptors (Lipinski definition) is 2. The van der Waals surface area contributed by atoms with Crippen LogP contribution in [0, 0.1) is 13.8 Å². The van der Waals surface area contributed by atoms with Crippen molar-refractivity contribution >= 4 is 17.5 Å². The third-order valence-electron chi connectivity index (χ3n) is 4.48. The summed E-state index contributed by atoms with van der Waals surface area (Å²) < 4.78 is 0. The fraction of sp³-hybridized carbons (Fsp3) is 0.300. The summed E-state index contributed by atoms with van der Waals surface area (Å²) in [7, 11) is 0. The topological polar surface area (TPSA) is 49.4 Å². The molecule has 2 aromatic rings. The summed E-state index contributed by atoms with van der Waals surface area (Å²) in [4.78, 5) is 26.3. The van der Waals surface area contributed by atoms with E-state index in [0.29, 0.717) is 13.0 Å². The van der Waals surface area contributed by atoms with Crippen molar-refractivity contribution in [1.82, 2.24) is 5.32 Å². The van der Waals surface area contributed by atoms with Crippen molar-refractivity contribution in [2.24, 2.45) is 0 Å². The molecule has 2 aromatic carbocycles. The highest BCUT2D eigenvalue weighted by atomic mass is 16.2. The quantitative estimate of drug-likeness (QED) is 0.940. The van der Waals surface area contributed by atoms with Crippen LogP contribution in [0.15, 0.2) is 42.5 Å². The molecule has 0 bridgehead atoms. The lowest BCUT2D eigenvalue weighted by Crippen LogP contribution is -2.40. The second-order valence-corrected chi connectivity index (χ2v) is 6.31. The Balaban J connectivity index is 1.57. The third-order valence-corrected chi connectivity index (χ3v) is 4.48. The van der Waals surface area contributed by atoms with E-state index in [9.17, 15) is 9.59 Å². The van der Waals surface area contributed by atoms with Crippen molar-refractivity contribution in [2.75, 3.05) is 18.0 Å². The highest BCUT2D eigenvalue weighted by Gasteiger charge is 2.24. The first-order valence-electron chi connectivity index (χ1n) is 8.25. The number of carbonyl (C=O) groups is 2. The fourth-order valence-electron chi connectivity index (χ4n) is 3.09. The van der Waals surface area contributed by atoms with Crippen LogP contribution in [-0.4, -0.2) is 24.9 Å². The van der Waals surface area contributed by atoms with E-state index < -0.39 is 0 Å². The lowest BCUT2D eigenvalue weighted by atomic mass is 10.0. The van der Waals surface area contributed by atoms with Crippen molar-refractivity contribution in [3.05, 3.63) is 64.7 Å². The molecule has 0 unspecified atom stereocenters. The van der Waals surface area contributed by atoms with Gasteiger partial charge in [-0.15, -0.1) is 0 Å². The van der Waals surface area contributed by atoms with Gasteiger partial charge in [-0.3, -0.25) is 9.59 Å². The molecule has 3 rings (SSSR count). The smallest absolute Gasteiger partial charge is 0.246 e. The molecule has 0 aromatic heterocycles. The minimum atomic E-state index is -0.121. The normalized spacial score (nSPS) is 12.8. The van der Waals surface area contributed by atoms with Gasteiger partial charge in [0.05, 0.1) is 13.0 Å². The molecule has 2 amide bonds. The maximum absolute atomic E-state index is 12.4. The Labute approximate surface area is 142 Å². The highest BCUT2D eigenvalue weighted by molar-refractivity contribution is 5.98. The second-order valence-electron chi connectivity index (χ2n) is 6.31. The maximum Gasteiger partial charge on any atom is 0.246 e. The van der Waals surface area contributed by atoms with Gasteiger partial charge >= 0.3 is 0 Å². The zero-order chi connectivity index (χ0) is 17.1. The molecule has 1 heterocycles. The van der Waals surface area contributed by atoms with Crippen molar-refractivity contribution < 1.29 is 9.59 Å². The van der Waals surface area contributed by atoms with Crippen LogP contribution in [0.1, 0.15) is 22.3 Å². The Hall–Kier alpha value is -2.62. The Morgan fingerprint density at radius 2 is 1.92 bits per heavy atom. The predicted octanol–water partition coefficient (Wildman–Crippen LogP) is 2.55. The first kappa shape index (κ1) is 16.2. The van der Waals surface area contributed by atoms with Crippen molar-refractivity contribution in [1.29, 1.82) is 0 Å². The molecule has 24 heavy (non-hydrogen) atoms. The lowest BCUT2D eigenvalue weighted by molar-refractivity contribution is -0.124. The molecule has 4 heteroatoms. The van der Waals surface area contributed by atoms with Gasteiger partial charge in [-0.05, 0) is 43.0 Å². The minimum Gasteiger partial charge on any atom is -0.347 e. The van der Waals surface area contributed by atoms with Crippen molar-refractivity contribution in [3.63, 3.8) is 0 Å². The molecular formula is C20H22N2O2. The minimum absolute atomic E-state index is 0.0397. The molecule has 0 spiro atoms. The van der Waals surface area contributed by atoms with Gasteiger partial charge < -0.3 is 10.2 Å². The Kier molecular flexibility index (Phi) is 4.65. The summed E-state index contributed by atoms with van der Waals surface area (Å²) in [5, 5.41) is 2.76. The maximum atomic E-state index is 12.4. The molecule has 0 fully saturated rings. The van der Waals surface area contributed by atoms with Gasteiger partial charge in [-0.25, -0.2) is 0 Å². The molecule has 0 aliphatic carbocycles. The third kappa shape index (κ3) is 3.48. The van der Waals surface area contributed by atoms with E-state index in [2.05, 4.69) is 5.32 Å². The Morgan fingerprint density at radius 1 is 1.12 bits per heavy atom. The van der Waals surface area contributed by atoms with Gasteiger partial charge in [0.25, 0.3) is 0 Å². The molecule has 1 aliphatic rings. The largest absolute Gasteiger partial charge is 0.347 e. The number of amides is 2. The first-order valence-corrected chi connectivity index (χ1v) is 8.25. The van der Waals surface area contributed by atoms with E-state index in [1.54, 1.807) is 4.90 Å². The first-order chi connectivity index (χ1) is 11.5. The number of rotatable bonds is 4. The summed E-state index contributed by atoms with van der Waals surface area (Å²) in [6.07, 6.45) is 1.18. The van der Waals surface area contributed by atoms with Crippen molar-refractivity contribution in [3.8, 4) is 0 Å². The molecule has 0 saturated carbocycles. The number of carbonyl (C=O) groups excluding carboxylic acids is 2. The van der Waals surface area contributed by atoms with E-state index >= 15 is 0 Å². The number of aryl methyl sites for hydroxylation is 2. The van der Waals surface area contributed by atoms with Crippen LogP contribution in [0.25, 0.3) is 0 Å². The van der Waals surface area contributed by atoms with E-state index in [1.807, 2.05) is 56.3 Å². The van der Waals surface area contributed by atoms with Crippen LogP contribution < -0.4 is 10.2 Å². The van der Waals surface area contributed by atoms with E-state index in [4.69, 9.17) is 0 Å². The second kappa shape index (κ2) is 6.87. The number of para-hydroxylation sites is 1. The Morgan fingerprint density at radius 3 is 2.75 bits per heavy atom. The molecule has 124 valence electrons. The van der Waals surface area contributed by atoms with E-state index in [0.717, 1.165) is 28.8 Å². The zero-order valence-electron chi connectivity index (χ0n) is 14.1. The van der Waals surface area contributed by atoms with Gasteiger partial charge in [0.1, 0.15) is 0 Å². The van der Waals surface area contributed by atoms with Crippen molar-refractivity contribution in [2.45, 2.75) is 26.7 Å². The van der Waals surface area contributed by atoms with Crippen LogP contribution in [-0.2, 0) is 22.4 Å². The molecule has 4 nitrogen and oxygen atoms in total. The molecule has 1 N–H and O–H groups in total. The van der Waals surface area contributed by atoms with Gasteiger partial charge in [0.2, 0.25) is 11.8 Å². The predicted molar refractivity (Wildman–Crippen MR) is 95.1 cm³/mol. The number of nitrogens with zero attached hydrogens (tertiary/aromatic N) is 1. The van der Waals surface area contributed by atoms with E-state index in [1.165, 1.54) is 5.56 Å². The monoisotopic (exact) mass is 322 g/mol. The molecule has 0 radical (unpaired) electrons.